The third kappa shape index (κ3) is 2.76. The van der Waals surface area contributed by atoms with Crippen LogP contribution in [0.2, 0.25) is 0 Å². The summed E-state index contributed by atoms with van der Waals surface area (Å²) in [6.07, 6.45) is 0.892. The van der Waals surface area contributed by atoms with Gasteiger partial charge in [0.05, 0.1) is 4.90 Å². The SMILES string of the molecule is O=S(=N/C=C/I)(c1ccccc1)C(F)(F)F. The van der Waals surface area contributed by atoms with Gasteiger partial charge in [-0.25, -0.2) is 4.21 Å². The fourth-order valence-electron chi connectivity index (χ4n) is 0.968. The van der Waals surface area contributed by atoms with Gasteiger partial charge in [0.25, 0.3) is 0 Å². The summed E-state index contributed by atoms with van der Waals surface area (Å²) >= 11 is 1.71. The highest BCUT2D eigenvalue weighted by molar-refractivity contribution is 14.1. The number of halogens is 4. The van der Waals surface area contributed by atoms with Crippen LogP contribution in [0.1, 0.15) is 0 Å². The molecular formula is C9H7F3INOS. The smallest absolute Gasteiger partial charge is 0.235 e. The lowest BCUT2D eigenvalue weighted by atomic mass is 10.4. The van der Waals surface area contributed by atoms with Crippen LogP contribution in [0.4, 0.5) is 13.2 Å². The van der Waals surface area contributed by atoms with E-state index in [0.29, 0.717) is 0 Å². The van der Waals surface area contributed by atoms with Gasteiger partial charge in [-0.1, -0.05) is 40.8 Å². The second-order valence-corrected chi connectivity index (χ2v) is 5.58. The number of benzene rings is 1. The predicted molar refractivity (Wildman–Crippen MR) is 64.5 cm³/mol. The van der Waals surface area contributed by atoms with Gasteiger partial charge in [-0.05, 0) is 16.2 Å². The molecule has 88 valence electrons. The zero-order valence-electron chi connectivity index (χ0n) is 7.82. The van der Waals surface area contributed by atoms with Crippen LogP contribution in [0.25, 0.3) is 0 Å². The summed E-state index contributed by atoms with van der Waals surface area (Å²) in [5.74, 6) is 0. The molecule has 0 amide bonds. The van der Waals surface area contributed by atoms with Gasteiger partial charge in [-0.2, -0.15) is 17.5 Å². The van der Waals surface area contributed by atoms with Gasteiger partial charge < -0.3 is 0 Å². The van der Waals surface area contributed by atoms with E-state index in [0.717, 1.165) is 18.3 Å². The minimum absolute atomic E-state index is 0.336. The van der Waals surface area contributed by atoms with Crippen molar-refractivity contribution in [1.82, 2.24) is 0 Å². The molecule has 0 fully saturated rings. The molecule has 1 aromatic rings. The summed E-state index contributed by atoms with van der Waals surface area (Å²) in [5, 5.41) is 0. The molecule has 0 aliphatic carbocycles. The van der Waals surface area contributed by atoms with Crippen molar-refractivity contribution >= 4 is 32.3 Å². The number of nitrogens with zero attached hydrogens (tertiary/aromatic N) is 1. The maximum atomic E-state index is 12.7. The van der Waals surface area contributed by atoms with E-state index in [2.05, 4.69) is 4.36 Å². The Morgan fingerprint density at radius 2 is 1.81 bits per heavy atom. The Labute approximate surface area is 105 Å². The average Bonchev–Trinajstić information content (AvgIpc) is 2.25. The van der Waals surface area contributed by atoms with Crippen LogP contribution < -0.4 is 0 Å². The van der Waals surface area contributed by atoms with Gasteiger partial charge in [0.15, 0.2) is 9.73 Å². The fourth-order valence-corrected chi connectivity index (χ4v) is 2.61. The Morgan fingerprint density at radius 1 is 1.25 bits per heavy atom. The molecule has 0 heterocycles. The molecule has 16 heavy (non-hydrogen) atoms. The molecule has 0 spiro atoms. The number of rotatable bonds is 2. The van der Waals surface area contributed by atoms with Crippen molar-refractivity contribution in [2.24, 2.45) is 4.36 Å². The van der Waals surface area contributed by atoms with E-state index >= 15 is 0 Å². The van der Waals surface area contributed by atoms with Crippen LogP contribution in [0, 0.1) is 0 Å². The van der Waals surface area contributed by atoms with Crippen molar-refractivity contribution < 1.29 is 17.4 Å². The molecule has 0 N–H and O–H groups in total. The maximum absolute atomic E-state index is 12.7. The molecule has 7 heteroatoms. The first-order valence-electron chi connectivity index (χ1n) is 4.04. The Morgan fingerprint density at radius 3 is 2.25 bits per heavy atom. The third-order valence-electron chi connectivity index (χ3n) is 1.64. The summed E-state index contributed by atoms with van der Waals surface area (Å²) in [7, 11) is -4.41. The van der Waals surface area contributed by atoms with Gasteiger partial charge in [-0.3, -0.25) is 0 Å². The van der Waals surface area contributed by atoms with Crippen molar-refractivity contribution in [2.75, 3.05) is 0 Å². The van der Waals surface area contributed by atoms with E-state index in [1.54, 1.807) is 28.7 Å². The highest BCUT2D eigenvalue weighted by Crippen LogP contribution is 2.32. The molecule has 0 aromatic heterocycles. The summed E-state index contributed by atoms with van der Waals surface area (Å²) < 4.78 is 54.3. The molecule has 1 rings (SSSR count). The molecule has 2 nitrogen and oxygen atoms in total. The van der Waals surface area contributed by atoms with Crippen LogP contribution in [-0.2, 0) is 9.73 Å². The molecule has 0 aliphatic rings. The molecular weight excluding hydrogens is 354 g/mol. The van der Waals surface area contributed by atoms with E-state index in [1.165, 1.54) is 16.2 Å². The van der Waals surface area contributed by atoms with E-state index < -0.39 is 15.2 Å². The first-order valence-corrected chi connectivity index (χ1v) is 6.81. The third-order valence-corrected chi connectivity index (χ3v) is 3.92. The van der Waals surface area contributed by atoms with Gasteiger partial charge in [-0.15, -0.1) is 0 Å². The number of hydrogen-bond acceptors (Lipinski definition) is 2. The highest BCUT2D eigenvalue weighted by Gasteiger charge is 2.44. The van der Waals surface area contributed by atoms with Gasteiger partial charge in [0.2, 0.25) is 0 Å². The first kappa shape index (κ1) is 13.5. The second kappa shape index (κ2) is 5.17. The second-order valence-electron chi connectivity index (χ2n) is 2.67. The predicted octanol–water partition coefficient (Wildman–Crippen LogP) is 3.94. The topological polar surface area (TPSA) is 29.4 Å². The number of alkyl halides is 3. The Kier molecular flexibility index (Phi) is 4.36. The monoisotopic (exact) mass is 361 g/mol. The molecule has 0 saturated heterocycles. The van der Waals surface area contributed by atoms with E-state index in [-0.39, 0.29) is 4.90 Å². The average molecular weight is 361 g/mol. The Hall–Kier alpha value is -0.570. The summed E-state index contributed by atoms with van der Waals surface area (Å²) in [6, 6.07) is 6.64. The Balaban J connectivity index is 3.46. The quantitative estimate of drug-likeness (QED) is 0.734. The van der Waals surface area contributed by atoms with E-state index in [1.807, 2.05) is 0 Å². The normalized spacial score (nSPS) is 16.0. The maximum Gasteiger partial charge on any atom is 0.483 e. The molecule has 1 aromatic carbocycles. The molecule has 0 bridgehead atoms. The molecule has 0 aliphatic heterocycles. The summed E-state index contributed by atoms with van der Waals surface area (Å²) in [6.45, 7) is 0. The summed E-state index contributed by atoms with van der Waals surface area (Å²) in [4.78, 5) is -0.336. The minimum atomic E-state index is -4.88. The lowest BCUT2D eigenvalue weighted by Crippen LogP contribution is -2.22. The summed E-state index contributed by atoms with van der Waals surface area (Å²) in [5.41, 5.74) is -4.88. The first-order chi connectivity index (χ1) is 7.42. The highest BCUT2D eigenvalue weighted by atomic mass is 127. The van der Waals surface area contributed by atoms with Crippen LogP contribution in [0.15, 0.2) is 49.9 Å². The Bertz CT molecular complexity index is 489. The van der Waals surface area contributed by atoms with Crippen LogP contribution >= 0.6 is 22.6 Å². The van der Waals surface area contributed by atoms with Crippen molar-refractivity contribution in [2.45, 2.75) is 10.4 Å². The molecule has 1 atom stereocenters. The van der Waals surface area contributed by atoms with Crippen LogP contribution in [-0.4, -0.2) is 9.72 Å². The van der Waals surface area contributed by atoms with Gasteiger partial charge in [0, 0.05) is 6.20 Å². The van der Waals surface area contributed by atoms with Gasteiger partial charge in [0.1, 0.15) is 0 Å². The van der Waals surface area contributed by atoms with Crippen molar-refractivity contribution in [3.8, 4) is 0 Å². The van der Waals surface area contributed by atoms with Crippen LogP contribution in [0.3, 0.4) is 0 Å². The standard InChI is InChI=1S/C9H7F3INOS/c10-9(11,12)16(15,14-7-6-13)8-4-2-1-3-5-8/h1-7H/b7-6+. The molecule has 0 radical (unpaired) electrons. The minimum Gasteiger partial charge on any atom is -0.235 e. The van der Waals surface area contributed by atoms with Crippen molar-refractivity contribution in [1.29, 1.82) is 0 Å². The van der Waals surface area contributed by atoms with Crippen molar-refractivity contribution in [3.05, 3.63) is 40.6 Å². The number of hydrogen-bond donors (Lipinski definition) is 0. The zero-order chi connectivity index (χ0) is 12.2. The lowest BCUT2D eigenvalue weighted by molar-refractivity contribution is -0.0402. The fraction of sp³-hybridized carbons (Fsp3) is 0.111. The largest absolute Gasteiger partial charge is 0.483 e. The van der Waals surface area contributed by atoms with Crippen LogP contribution in [0.5, 0.6) is 0 Å². The molecule has 1 unspecified atom stereocenters. The van der Waals surface area contributed by atoms with E-state index in [4.69, 9.17) is 0 Å². The van der Waals surface area contributed by atoms with E-state index in [9.17, 15) is 17.4 Å². The van der Waals surface area contributed by atoms with Crippen molar-refractivity contribution in [3.63, 3.8) is 0 Å². The van der Waals surface area contributed by atoms with Gasteiger partial charge >= 0.3 is 5.51 Å². The zero-order valence-corrected chi connectivity index (χ0v) is 10.8. The molecule has 0 saturated carbocycles. The lowest BCUT2D eigenvalue weighted by Gasteiger charge is -2.12.